The molecule has 1 aromatic rings. The van der Waals surface area contributed by atoms with Gasteiger partial charge in [-0.25, -0.2) is 4.79 Å². The Morgan fingerprint density at radius 1 is 1.65 bits per heavy atom. The Bertz CT molecular complexity index is 515. The number of hydrogen-bond donors (Lipinski definition) is 1. The number of aryl methyl sites for hydroxylation is 1. The number of carbonyl (C=O) groups is 1. The molecule has 0 aromatic heterocycles. The van der Waals surface area contributed by atoms with Gasteiger partial charge >= 0.3 is 5.97 Å². The Kier molecular flexibility index (Phi) is 3.67. The second-order valence-corrected chi connectivity index (χ2v) is 3.19. The van der Waals surface area contributed by atoms with Gasteiger partial charge in [-0.1, -0.05) is 5.92 Å². The number of aromatic carboxylic acids is 1. The van der Waals surface area contributed by atoms with E-state index in [0.29, 0.717) is 5.56 Å². The number of carboxylic acids is 1. The normalized spacial score (nSPS) is 9.41. The molecule has 0 bridgehead atoms. The van der Waals surface area contributed by atoms with Crippen LogP contribution in [0.2, 0.25) is 0 Å². The van der Waals surface area contributed by atoms with Crippen LogP contribution in [0, 0.1) is 29.4 Å². The predicted octanol–water partition coefficient (Wildman–Crippen LogP) is 1.61. The molecule has 1 rings (SSSR count). The molecule has 6 heteroatoms. The third-order valence-electron chi connectivity index (χ3n) is 2.00. The smallest absolute Gasteiger partial charge is 0.339 e. The van der Waals surface area contributed by atoms with Crippen molar-refractivity contribution in [3.05, 3.63) is 33.4 Å². The first-order valence-electron chi connectivity index (χ1n) is 4.56. The Morgan fingerprint density at radius 2 is 2.29 bits per heavy atom. The van der Waals surface area contributed by atoms with Gasteiger partial charge in [0.2, 0.25) is 0 Å². The lowest BCUT2D eigenvalue weighted by molar-refractivity contribution is -0.385. The van der Waals surface area contributed by atoms with Crippen LogP contribution in [0.1, 0.15) is 15.9 Å². The fraction of sp³-hybridized carbons (Fsp3) is 0.182. The number of nitro benzene ring substituents is 1. The standard InChI is InChI=1S/C11H9NO5/c1-3-4-17-10-7(2)5-8(12(15)16)6-9(10)11(13)14/h1,5-6H,4H2,2H3,(H,13,14). The molecule has 0 atom stereocenters. The van der Waals surface area contributed by atoms with Crippen LogP contribution >= 0.6 is 0 Å². The Labute approximate surface area is 97.0 Å². The number of nitrogens with zero attached hydrogens (tertiary/aromatic N) is 1. The molecule has 1 N–H and O–H groups in total. The van der Waals surface area contributed by atoms with Gasteiger partial charge in [0.05, 0.1) is 4.92 Å². The molecule has 1 aromatic carbocycles. The van der Waals surface area contributed by atoms with Gasteiger partial charge in [0.1, 0.15) is 17.9 Å². The molecule has 0 aliphatic rings. The number of non-ortho nitro benzene ring substituents is 1. The maximum atomic E-state index is 11.0. The summed E-state index contributed by atoms with van der Waals surface area (Å²) in [6.45, 7) is 1.42. The van der Waals surface area contributed by atoms with Gasteiger partial charge in [-0.2, -0.15) is 0 Å². The molecular formula is C11H9NO5. The van der Waals surface area contributed by atoms with Gasteiger partial charge in [0.15, 0.2) is 0 Å². The van der Waals surface area contributed by atoms with E-state index in [0.717, 1.165) is 6.07 Å². The summed E-state index contributed by atoms with van der Waals surface area (Å²) >= 11 is 0. The monoisotopic (exact) mass is 235 g/mol. The van der Waals surface area contributed by atoms with Crippen molar-refractivity contribution in [2.24, 2.45) is 0 Å². The minimum atomic E-state index is -1.30. The highest BCUT2D eigenvalue weighted by Gasteiger charge is 2.19. The van der Waals surface area contributed by atoms with Crippen molar-refractivity contribution in [2.75, 3.05) is 6.61 Å². The summed E-state index contributed by atoms with van der Waals surface area (Å²) in [6.07, 6.45) is 5.00. The minimum Gasteiger partial charge on any atom is -0.480 e. The first kappa shape index (κ1) is 12.5. The predicted molar refractivity (Wildman–Crippen MR) is 59.1 cm³/mol. The van der Waals surface area contributed by atoms with Gasteiger partial charge in [0, 0.05) is 12.1 Å². The summed E-state index contributed by atoms with van der Waals surface area (Å²) in [5.41, 5.74) is -0.216. The third kappa shape index (κ3) is 2.72. The third-order valence-corrected chi connectivity index (χ3v) is 2.00. The fourth-order valence-corrected chi connectivity index (χ4v) is 1.32. The van der Waals surface area contributed by atoms with Crippen molar-refractivity contribution < 1.29 is 19.6 Å². The molecule has 0 amide bonds. The zero-order chi connectivity index (χ0) is 13.0. The zero-order valence-electron chi connectivity index (χ0n) is 8.97. The Balaban J connectivity index is 3.34. The summed E-state index contributed by atoms with van der Waals surface area (Å²) in [5.74, 6) is 0.952. The second kappa shape index (κ2) is 4.99. The van der Waals surface area contributed by atoms with Gasteiger partial charge in [-0.15, -0.1) is 6.42 Å². The SMILES string of the molecule is C#CCOc1c(C)cc([N+](=O)[O-])cc1C(=O)O. The average molecular weight is 235 g/mol. The first-order chi connectivity index (χ1) is 7.97. The Hall–Kier alpha value is -2.55. The van der Waals surface area contributed by atoms with Crippen molar-refractivity contribution >= 4 is 11.7 Å². The summed E-state index contributed by atoms with van der Waals surface area (Å²) in [6, 6.07) is 2.18. The highest BCUT2D eigenvalue weighted by molar-refractivity contribution is 5.92. The molecule has 6 nitrogen and oxygen atoms in total. The van der Waals surface area contributed by atoms with E-state index in [-0.39, 0.29) is 23.6 Å². The van der Waals surface area contributed by atoms with Gasteiger partial charge in [-0.3, -0.25) is 10.1 Å². The highest BCUT2D eigenvalue weighted by atomic mass is 16.6. The molecule has 0 spiro atoms. The number of hydrogen-bond acceptors (Lipinski definition) is 4. The topological polar surface area (TPSA) is 89.7 Å². The van der Waals surface area contributed by atoms with E-state index in [2.05, 4.69) is 5.92 Å². The van der Waals surface area contributed by atoms with Crippen LogP contribution in [0.4, 0.5) is 5.69 Å². The van der Waals surface area contributed by atoms with Crippen molar-refractivity contribution in [1.82, 2.24) is 0 Å². The van der Waals surface area contributed by atoms with Crippen LogP contribution in [-0.4, -0.2) is 22.6 Å². The van der Waals surface area contributed by atoms with Crippen LogP contribution < -0.4 is 4.74 Å². The molecule has 17 heavy (non-hydrogen) atoms. The fourth-order valence-electron chi connectivity index (χ4n) is 1.32. The largest absolute Gasteiger partial charge is 0.480 e. The quantitative estimate of drug-likeness (QED) is 0.486. The molecule has 0 unspecified atom stereocenters. The zero-order valence-corrected chi connectivity index (χ0v) is 8.97. The van der Waals surface area contributed by atoms with Gasteiger partial charge < -0.3 is 9.84 Å². The molecule has 88 valence electrons. The van der Waals surface area contributed by atoms with Crippen LogP contribution in [0.15, 0.2) is 12.1 Å². The van der Waals surface area contributed by atoms with E-state index in [1.54, 1.807) is 0 Å². The van der Waals surface area contributed by atoms with Crippen LogP contribution in [0.5, 0.6) is 5.75 Å². The number of terminal acetylenes is 1. The number of benzene rings is 1. The van der Waals surface area contributed by atoms with Gasteiger partial charge in [0.25, 0.3) is 5.69 Å². The second-order valence-electron chi connectivity index (χ2n) is 3.19. The maximum Gasteiger partial charge on any atom is 0.339 e. The molecular weight excluding hydrogens is 226 g/mol. The average Bonchev–Trinajstić information content (AvgIpc) is 2.26. The summed E-state index contributed by atoms with van der Waals surface area (Å²) in [7, 11) is 0. The van der Waals surface area contributed by atoms with Crippen LogP contribution in [-0.2, 0) is 0 Å². The van der Waals surface area contributed by atoms with E-state index >= 15 is 0 Å². The van der Waals surface area contributed by atoms with Crippen LogP contribution in [0.3, 0.4) is 0 Å². The van der Waals surface area contributed by atoms with E-state index < -0.39 is 10.9 Å². The number of carboxylic acid groups (broad SMARTS) is 1. The van der Waals surface area contributed by atoms with Gasteiger partial charge in [-0.05, 0) is 12.5 Å². The lowest BCUT2D eigenvalue weighted by atomic mass is 10.1. The highest BCUT2D eigenvalue weighted by Crippen LogP contribution is 2.28. The minimum absolute atomic E-state index is 0.0565. The van der Waals surface area contributed by atoms with Crippen LogP contribution in [0.25, 0.3) is 0 Å². The first-order valence-corrected chi connectivity index (χ1v) is 4.56. The molecule has 0 saturated heterocycles. The molecule has 0 saturated carbocycles. The summed E-state index contributed by atoms with van der Waals surface area (Å²) in [4.78, 5) is 20.9. The van der Waals surface area contributed by atoms with E-state index in [1.807, 2.05) is 0 Å². The molecule has 0 fully saturated rings. The summed E-state index contributed by atoms with van der Waals surface area (Å²) < 4.78 is 5.07. The molecule has 0 radical (unpaired) electrons. The molecule has 0 aliphatic heterocycles. The Morgan fingerprint density at radius 3 is 2.76 bits per heavy atom. The van der Waals surface area contributed by atoms with Crippen molar-refractivity contribution in [3.8, 4) is 18.1 Å². The van der Waals surface area contributed by atoms with E-state index in [4.69, 9.17) is 16.3 Å². The lowest BCUT2D eigenvalue weighted by Crippen LogP contribution is -2.06. The number of rotatable bonds is 4. The molecule has 0 aliphatic carbocycles. The van der Waals surface area contributed by atoms with Crippen molar-refractivity contribution in [2.45, 2.75) is 6.92 Å². The summed E-state index contributed by atoms with van der Waals surface area (Å²) in [5, 5.41) is 19.5. The molecule has 0 heterocycles. The van der Waals surface area contributed by atoms with Crippen molar-refractivity contribution in [3.63, 3.8) is 0 Å². The van der Waals surface area contributed by atoms with E-state index in [1.165, 1.54) is 13.0 Å². The lowest BCUT2D eigenvalue weighted by Gasteiger charge is -2.09. The van der Waals surface area contributed by atoms with E-state index in [9.17, 15) is 14.9 Å². The number of nitro groups is 1. The maximum absolute atomic E-state index is 11.0. The van der Waals surface area contributed by atoms with Crippen molar-refractivity contribution in [1.29, 1.82) is 0 Å². The number of ether oxygens (including phenoxy) is 1.